The van der Waals surface area contributed by atoms with Gasteiger partial charge in [0.2, 0.25) is 0 Å². The van der Waals surface area contributed by atoms with Gasteiger partial charge in [0.05, 0.1) is 18.8 Å². The largest absolute Gasteiger partial charge is 0.392 e. The monoisotopic (exact) mass is 349 g/mol. The number of benzene rings is 2. The van der Waals surface area contributed by atoms with Crippen LogP contribution in [0.4, 0.5) is 0 Å². The quantitative estimate of drug-likeness (QED) is 0.680. The van der Waals surface area contributed by atoms with E-state index in [-0.39, 0.29) is 12.6 Å². The Labute approximate surface area is 155 Å². The highest BCUT2D eigenvalue weighted by Crippen LogP contribution is 2.18. The first-order valence-electron chi connectivity index (χ1n) is 9.08. The number of hydrogen-bond acceptors (Lipinski definition) is 3. The summed E-state index contributed by atoms with van der Waals surface area (Å²) in [5.74, 6) is 0. The van der Waals surface area contributed by atoms with Gasteiger partial charge in [0.1, 0.15) is 0 Å². The Morgan fingerprint density at radius 1 is 1.04 bits per heavy atom. The van der Waals surface area contributed by atoms with E-state index >= 15 is 0 Å². The molecule has 0 aliphatic rings. The van der Waals surface area contributed by atoms with Gasteiger partial charge in [0.15, 0.2) is 0 Å². The number of aliphatic hydroxyl groups excluding tert-OH is 1. The first kappa shape index (κ1) is 18.4. The predicted octanol–water partition coefficient (Wildman–Crippen LogP) is 3.89. The van der Waals surface area contributed by atoms with Crippen molar-refractivity contribution in [1.29, 1.82) is 0 Å². The third-order valence-corrected chi connectivity index (χ3v) is 4.93. The average Bonchev–Trinajstić information content (AvgIpc) is 2.93. The molecule has 0 bridgehead atoms. The second-order valence-electron chi connectivity index (χ2n) is 6.80. The second-order valence-corrected chi connectivity index (χ2v) is 6.80. The molecule has 1 unspecified atom stereocenters. The van der Waals surface area contributed by atoms with Crippen molar-refractivity contribution in [3.8, 4) is 0 Å². The van der Waals surface area contributed by atoms with Gasteiger partial charge in [-0.1, -0.05) is 54.6 Å². The van der Waals surface area contributed by atoms with E-state index in [0.29, 0.717) is 0 Å². The van der Waals surface area contributed by atoms with E-state index in [0.717, 1.165) is 24.3 Å². The molecule has 0 saturated heterocycles. The van der Waals surface area contributed by atoms with E-state index < -0.39 is 0 Å². The van der Waals surface area contributed by atoms with E-state index in [1.54, 1.807) is 0 Å². The highest BCUT2D eigenvalue weighted by Gasteiger charge is 2.13. The minimum absolute atomic E-state index is 0.0744. The molecule has 3 aromatic rings. The highest BCUT2D eigenvalue weighted by molar-refractivity contribution is 5.28. The molecule has 26 heavy (non-hydrogen) atoms. The maximum Gasteiger partial charge on any atom is 0.0681 e. The van der Waals surface area contributed by atoms with Gasteiger partial charge in [0.25, 0.3) is 0 Å². The number of nitrogens with one attached hydrogen (secondary N) is 1. The lowest BCUT2D eigenvalue weighted by atomic mass is 10.0. The van der Waals surface area contributed by atoms with Crippen LogP contribution in [-0.2, 0) is 19.7 Å². The van der Waals surface area contributed by atoms with Gasteiger partial charge < -0.3 is 10.4 Å². The van der Waals surface area contributed by atoms with Crippen LogP contribution in [0.15, 0.2) is 54.6 Å². The summed E-state index contributed by atoms with van der Waals surface area (Å²) in [4.78, 5) is 0. The van der Waals surface area contributed by atoms with Crippen molar-refractivity contribution in [3.63, 3.8) is 0 Å². The number of aryl methyl sites for hydroxylation is 1. The summed E-state index contributed by atoms with van der Waals surface area (Å²) in [5.41, 5.74) is 6.91. The fourth-order valence-electron chi connectivity index (χ4n) is 3.23. The van der Waals surface area contributed by atoms with Crippen molar-refractivity contribution >= 4 is 0 Å². The first-order chi connectivity index (χ1) is 12.6. The van der Waals surface area contributed by atoms with E-state index in [9.17, 15) is 5.11 Å². The zero-order valence-electron chi connectivity index (χ0n) is 15.7. The SMILES string of the molecule is Cc1nn(Cc2ccccc2)c(C)c1CNC(C)c1cccc(CO)c1. The molecule has 0 amide bonds. The Morgan fingerprint density at radius 3 is 2.50 bits per heavy atom. The normalized spacial score (nSPS) is 12.3. The molecule has 4 heteroatoms. The van der Waals surface area contributed by atoms with E-state index in [1.165, 1.54) is 22.4 Å². The summed E-state index contributed by atoms with van der Waals surface area (Å²) in [6.45, 7) is 8.00. The standard InChI is InChI=1S/C22H27N3O/c1-16(21-11-7-10-20(12-21)15-26)23-13-22-17(2)24-25(18(22)3)14-19-8-5-4-6-9-19/h4-12,16,23,26H,13-15H2,1-3H3. The van der Waals surface area contributed by atoms with Crippen molar-refractivity contribution < 1.29 is 5.11 Å². The molecule has 0 fully saturated rings. The maximum atomic E-state index is 9.32. The highest BCUT2D eigenvalue weighted by atomic mass is 16.3. The Morgan fingerprint density at radius 2 is 1.77 bits per heavy atom. The lowest BCUT2D eigenvalue weighted by Gasteiger charge is -2.15. The molecule has 136 valence electrons. The molecule has 0 spiro atoms. The smallest absolute Gasteiger partial charge is 0.0681 e. The Kier molecular flexibility index (Phi) is 5.86. The van der Waals surface area contributed by atoms with Crippen molar-refractivity contribution in [2.24, 2.45) is 0 Å². The summed E-state index contributed by atoms with van der Waals surface area (Å²) in [7, 11) is 0. The van der Waals surface area contributed by atoms with Crippen molar-refractivity contribution in [2.45, 2.75) is 46.5 Å². The lowest BCUT2D eigenvalue weighted by Crippen LogP contribution is -2.19. The van der Waals surface area contributed by atoms with Crippen LogP contribution >= 0.6 is 0 Å². The molecular weight excluding hydrogens is 322 g/mol. The first-order valence-corrected chi connectivity index (χ1v) is 9.08. The van der Waals surface area contributed by atoms with Gasteiger partial charge >= 0.3 is 0 Å². The number of hydrogen-bond donors (Lipinski definition) is 2. The number of nitrogens with zero attached hydrogens (tertiary/aromatic N) is 2. The average molecular weight is 349 g/mol. The van der Waals surface area contributed by atoms with Crippen LogP contribution in [0.1, 0.15) is 46.6 Å². The topological polar surface area (TPSA) is 50.1 Å². The van der Waals surface area contributed by atoms with Crippen molar-refractivity contribution in [1.82, 2.24) is 15.1 Å². The van der Waals surface area contributed by atoms with Crippen LogP contribution in [0.3, 0.4) is 0 Å². The van der Waals surface area contributed by atoms with Crippen LogP contribution in [0.5, 0.6) is 0 Å². The van der Waals surface area contributed by atoms with E-state index in [1.807, 2.05) is 18.2 Å². The molecule has 0 aliphatic carbocycles. The van der Waals surface area contributed by atoms with Crippen LogP contribution in [-0.4, -0.2) is 14.9 Å². The minimum atomic E-state index is 0.0744. The number of rotatable bonds is 7. The number of aromatic nitrogens is 2. The van der Waals surface area contributed by atoms with E-state index in [4.69, 9.17) is 5.10 Å². The van der Waals surface area contributed by atoms with Gasteiger partial charge in [-0.05, 0) is 37.5 Å². The summed E-state index contributed by atoms with van der Waals surface area (Å²) < 4.78 is 2.08. The van der Waals surface area contributed by atoms with Gasteiger partial charge in [-0.15, -0.1) is 0 Å². The Hall–Kier alpha value is -2.43. The van der Waals surface area contributed by atoms with Crippen molar-refractivity contribution in [2.75, 3.05) is 0 Å². The van der Waals surface area contributed by atoms with E-state index in [2.05, 4.69) is 67.2 Å². The van der Waals surface area contributed by atoms with Crippen LogP contribution in [0.2, 0.25) is 0 Å². The predicted molar refractivity (Wildman–Crippen MR) is 105 cm³/mol. The fourth-order valence-corrected chi connectivity index (χ4v) is 3.23. The molecule has 1 heterocycles. The molecule has 1 aromatic heterocycles. The molecule has 3 rings (SSSR count). The molecule has 0 radical (unpaired) electrons. The zero-order chi connectivity index (χ0) is 18.5. The van der Waals surface area contributed by atoms with Crippen molar-refractivity contribution in [3.05, 3.63) is 88.2 Å². The summed E-state index contributed by atoms with van der Waals surface area (Å²) in [6, 6.07) is 18.7. The molecule has 1 atom stereocenters. The molecular formula is C22H27N3O. The molecule has 0 aliphatic heterocycles. The molecule has 4 nitrogen and oxygen atoms in total. The molecule has 2 N–H and O–H groups in total. The fraction of sp³-hybridized carbons (Fsp3) is 0.318. The maximum absolute atomic E-state index is 9.32. The summed E-state index contributed by atoms with van der Waals surface area (Å²) in [5, 5.41) is 17.6. The zero-order valence-corrected chi connectivity index (χ0v) is 15.7. The number of aliphatic hydroxyl groups is 1. The summed E-state index contributed by atoms with van der Waals surface area (Å²) >= 11 is 0. The molecule has 0 saturated carbocycles. The lowest BCUT2D eigenvalue weighted by molar-refractivity contribution is 0.281. The van der Waals surface area contributed by atoms with Gasteiger partial charge in [-0.3, -0.25) is 4.68 Å². The second kappa shape index (κ2) is 8.30. The van der Waals surface area contributed by atoms with Gasteiger partial charge in [0, 0.05) is 23.8 Å². The van der Waals surface area contributed by atoms with Crippen LogP contribution in [0.25, 0.3) is 0 Å². The Balaban J connectivity index is 1.70. The van der Waals surface area contributed by atoms with Gasteiger partial charge in [-0.2, -0.15) is 5.10 Å². The van der Waals surface area contributed by atoms with Crippen LogP contribution < -0.4 is 5.32 Å². The van der Waals surface area contributed by atoms with Gasteiger partial charge in [-0.25, -0.2) is 0 Å². The minimum Gasteiger partial charge on any atom is -0.392 e. The van der Waals surface area contributed by atoms with Crippen LogP contribution in [0, 0.1) is 13.8 Å². The Bertz CT molecular complexity index is 855. The third kappa shape index (κ3) is 4.21. The summed E-state index contributed by atoms with van der Waals surface area (Å²) in [6.07, 6.45) is 0. The molecule has 2 aromatic carbocycles. The third-order valence-electron chi connectivity index (χ3n) is 4.93.